The molecule has 0 spiro atoms. The number of nitrogens with zero attached hydrogens (tertiary/aromatic N) is 1. The van der Waals surface area contributed by atoms with Crippen LogP contribution in [0.15, 0.2) is 18.2 Å². The lowest BCUT2D eigenvalue weighted by Gasteiger charge is -2.39. The van der Waals surface area contributed by atoms with Crippen molar-refractivity contribution in [3.8, 4) is 0 Å². The number of halogens is 4. The lowest BCUT2D eigenvalue weighted by Crippen LogP contribution is -2.54. The van der Waals surface area contributed by atoms with Crippen LogP contribution < -0.4 is 5.32 Å². The zero-order valence-electron chi connectivity index (χ0n) is 16.4. The number of carboxylic acid groups (broad SMARTS) is 1. The first-order chi connectivity index (χ1) is 13.5. The molecule has 29 heavy (non-hydrogen) atoms. The summed E-state index contributed by atoms with van der Waals surface area (Å²) in [5.74, 6) is -4.28. The summed E-state index contributed by atoms with van der Waals surface area (Å²) in [6, 6.07) is 2.25. The van der Waals surface area contributed by atoms with Gasteiger partial charge in [0.05, 0.1) is 11.6 Å². The van der Waals surface area contributed by atoms with Gasteiger partial charge >= 0.3 is 12.1 Å². The van der Waals surface area contributed by atoms with E-state index in [0.29, 0.717) is 37.4 Å². The fourth-order valence-electron chi connectivity index (χ4n) is 3.48. The number of piperidine rings is 1. The van der Waals surface area contributed by atoms with Gasteiger partial charge in [-0.25, -0.2) is 4.39 Å². The maximum Gasteiger partial charge on any atom is 0.393 e. The Labute approximate surface area is 167 Å². The number of aryl methyl sites for hydroxylation is 1. The fourth-order valence-corrected chi connectivity index (χ4v) is 3.48. The van der Waals surface area contributed by atoms with E-state index in [0.717, 1.165) is 13.0 Å². The van der Waals surface area contributed by atoms with Crippen LogP contribution in [-0.2, 0) is 16.0 Å². The third kappa shape index (κ3) is 6.42. The molecule has 162 valence electrons. The summed E-state index contributed by atoms with van der Waals surface area (Å²) in [4.78, 5) is 25.0. The third-order valence-electron chi connectivity index (χ3n) is 5.39. The molecule has 2 rings (SSSR count). The van der Waals surface area contributed by atoms with Crippen molar-refractivity contribution in [2.45, 2.75) is 51.7 Å². The van der Waals surface area contributed by atoms with Crippen LogP contribution in [0.4, 0.5) is 23.2 Å². The Kier molecular flexibility index (Phi) is 7.62. The van der Waals surface area contributed by atoms with Crippen LogP contribution in [0, 0.1) is 17.7 Å². The molecular weight excluding hydrogens is 392 g/mol. The molecule has 1 aliphatic rings. The maximum atomic E-state index is 14.2. The van der Waals surface area contributed by atoms with Crippen LogP contribution in [0.5, 0.6) is 0 Å². The molecular formula is C20H26F4N2O3. The zero-order chi connectivity index (χ0) is 21.8. The Hall–Kier alpha value is -2.16. The normalized spacial score (nSPS) is 18.3. The number of carbonyl (C=O) groups is 2. The van der Waals surface area contributed by atoms with Crippen molar-refractivity contribution in [2.75, 3.05) is 18.4 Å². The number of benzene rings is 1. The van der Waals surface area contributed by atoms with Gasteiger partial charge in [0.2, 0.25) is 5.91 Å². The Morgan fingerprint density at radius 3 is 2.45 bits per heavy atom. The molecule has 0 bridgehead atoms. The monoisotopic (exact) mass is 418 g/mol. The van der Waals surface area contributed by atoms with Crippen molar-refractivity contribution in [2.24, 2.45) is 11.8 Å². The molecule has 1 fully saturated rings. The van der Waals surface area contributed by atoms with Gasteiger partial charge in [0.1, 0.15) is 11.9 Å². The van der Waals surface area contributed by atoms with Gasteiger partial charge in [0, 0.05) is 6.42 Å². The van der Waals surface area contributed by atoms with Crippen molar-refractivity contribution in [3.05, 3.63) is 29.6 Å². The summed E-state index contributed by atoms with van der Waals surface area (Å²) in [7, 11) is 0. The van der Waals surface area contributed by atoms with Gasteiger partial charge in [-0.3, -0.25) is 14.5 Å². The third-order valence-corrected chi connectivity index (χ3v) is 5.39. The van der Waals surface area contributed by atoms with Gasteiger partial charge in [0.25, 0.3) is 0 Å². The van der Waals surface area contributed by atoms with Gasteiger partial charge in [-0.1, -0.05) is 19.9 Å². The molecule has 1 aromatic carbocycles. The number of amides is 1. The van der Waals surface area contributed by atoms with Crippen molar-refractivity contribution >= 4 is 17.6 Å². The number of carbonyl (C=O) groups excluding carboxylic acids is 1. The van der Waals surface area contributed by atoms with Crippen molar-refractivity contribution in [3.63, 3.8) is 0 Å². The Bertz CT molecular complexity index is 731. The number of carboxylic acids is 1. The van der Waals surface area contributed by atoms with E-state index in [1.165, 1.54) is 17.0 Å². The highest BCUT2D eigenvalue weighted by atomic mass is 19.4. The molecule has 5 nitrogen and oxygen atoms in total. The quantitative estimate of drug-likeness (QED) is 0.655. The van der Waals surface area contributed by atoms with E-state index in [9.17, 15) is 27.2 Å². The van der Waals surface area contributed by atoms with Gasteiger partial charge in [-0.2, -0.15) is 13.2 Å². The van der Waals surface area contributed by atoms with Crippen LogP contribution in [-0.4, -0.2) is 47.2 Å². The molecule has 0 radical (unpaired) electrons. The second-order valence-electron chi connectivity index (χ2n) is 7.69. The van der Waals surface area contributed by atoms with Crippen LogP contribution >= 0.6 is 0 Å². The van der Waals surface area contributed by atoms with E-state index in [4.69, 9.17) is 5.11 Å². The summed E-state index contributed by atoms with van der Waals surface area (Å²) in [5.41, 5.74) is 0.221. The average molecular weight is 418 g/mol. The Morgan fingerprint density at radius 1 is 1.28 bits per heavy atom. The molecule has 1 aliphatic heterocycles. The summed E-state index contributed by atoms with van der Waals surface area (Å²) in [5, 5.41) is 11.1. The van der Waals surface area contributed by atoms with Crippen LogP contribution in [0.3, 0.4) is 0 Å². The summed E-state index contributed by atoms with van der Waals surface area (Å²) < 4.78 is 54.4. The van der Waals surface area contributed by atoms with Gasteiger partial charge in [-0.15, -0.1) is 0 Å². The zero-order valence-corrected chi connectivity index (χ0v) is 16.4. The topological polar surface area (TPSA) is 69.6 Å². The van der Waals surface area contributed by atoms with Crippen LogP contribution in [0.25, 0.3) is 0 Å². The minimum Gasteiger partial charge on any atom is -0.481 e. The van der Waals surface area contributed by atoms with Crippen molar-refractivity contribution in [1.29, 1.82) is 0 Å². The van der Waals surface area contributed by atoms with E-state index in [1.807, 2.05) is 6.92 Å². The van der Waals surface area contributed by atoms with E-state index >= 15 is 0 Å². The highest BCUT2D eigenvalue weighted by Gasteiger charge is 2.47. The Morgan fingerprint density at radius 2 is 1.90 bits per heavy atom. The van der Waals surface area contributed by atoms with E-state index < -0.39 is 35.8 Å². The van der Waals surface area contributed by atoms with Gasteiger partial charge in [-0.05, 0) is 56.0 Å². The lowest BCUT2D eigenvalue weighted by molar-refractivity contribution is -0.189. The molecule has 0 aliphatic carbocycles. The van der Waals surface area contributed by atoms with Gasteiger partial charge < -0.3 is 10.4 Å². The molecule has 2 atom stereocenters. The molecule has 1 heterocycles. The SMILES string of the molecule is CC1CCN(C(C(=O)Nc2cc(CCC(=O)O)ccc2F)C(C)C(F)(F)F)CC1. The highest BCUT2D eigenvalue weighted by Crippen LogP contribution is 2.33. The van der Waals surface area contributed by atoms with Crippen molar-refractivity contribution in [1.82, 2.24) is 4.90 Å². The maximum absolute atomic E-state index is 14.2. The molecule has 1 aromatic rings. The van der Waals surface area contributed by atoms with Crippen LogP contribution in [0.1, 0.15) is 38.7 Å². The molecule has 1 amide bonds. The number of likely N-dealkylation sites (tertiary alicyclic amines) is 1. The molecule has 0 saturated carbocycles. The second-order valence-corrected chi connectivity index (χ2v) is 7.69. The minimum absolute atomic E-state index is 0.116. The molecule has 0 aromatic heterocycles. The van der Waals surface area contributed by atoms with Crippen molar-refractivity contribution < 1.29 is 32.3 Å². The average Bonchev–Trinajstić information content (AvgIpc) is 2.63. The summed E-state index contributed by atoms with van der Waals surface area (Å²) >= 11 is 0. The number of alkyl halides is 3. The van der Waals surface area contributed by atoms with E-state index in [-0.39, 0.29) is 18.5 Å². The number of anilines is 1. The second kappa shape index (κ2) is 9.56. The number of rotatable bonds is 7. The number of hydrogen-bond acceptors (Lipinski definition) is 3. The molecule has 2 unspecified atom stereocenters. The summed E-state index contributed by atoms with van der Waals surface area (Å²) in [6.45, 7) is 3.70. The van der Waals surface area contributed by atoms with E-state index in [1.54, 1.807) is 0 Å². The van der Waals surface area contributed by atoms with E-state index in [2.05, 4.69) is 5.32 Å². The first-order valence-corrected chi connectivity index (χ1v) is 9.61. The molecule has 2 N–H and O–H groups in total. The predicted molar refractivity (Wildman–Crippen MR) is 100.0 cm³/mol. The predicted octanol–water partition coefficient (Wildman–Crippen LogP) is 4.08. The number of hydrogen-bond donors (Lipinski definition) is 2. The standard InChI is InChI=1S/C20H26F4N2O3/c1-12-7-9-26(10-8-12)18(13(2)20(22,23)24)19(29)25-16-11-14(3-5-15(16)21)4-6-17(27)28/h3,5,11-13,18H,4,6-10H2,1-2H3,(H,25,29)(H,27,28). The number of nitrogens with one attached hydrogen (secondary N) is 1. The minimum atomic E-state index is -4.58. The fraction of sp³-hybridized carbons (Fsp3) is 0.600. The molecule has 9 heteroatoms. The first kappa shape index (κ1) is 23.1. The Balaban J connectivity index is 2.22. The highest BCUT2D eigenvalue weighted by molar-refractivity contribution is 5.95. The lowest BCUT2D eigenvalue weighted by atomic mass is 9.92. The largest absolute Gasteiger partial charge is 0.481 e. The van der Waals surface area contributed by atoms with Gasteiger partial charge in [0.15, 0.2) is 0 Å². The first-order valence-electron chi connectivity index (χ1n) is 9.61. The van der Waals surface area contributed by atoms with Crippen LogP contribution in [0.2, 0.25) is 0 Å². The number of aliphatic carboxylic acids is 1. The smallest absolute Gasteiger partial charge is 0.393 e. The summed E-state index contributed by atoms with van der Waals surface area (Å²) in [6.07, 6.45) is -3.27. The molecule has 1 saturated heterocycles.